The van der Waals surface area contributed by atoms with Gasteiger partial charge in [0.25, 0.3) is 11.8 Å². The van der Waals surface area contributed by atoms with Crippen LogP contribution in [-0.4, -0.2) is 31.4 Å². The van der Waals surface area contributed by atoms with Gasteiger partial charge in [-0.25, -0.2) is 4.98 Å². The second-order valence-electron chi connectivity index (χ2n) is 7.79. The molecule has 3 aromatic rings. The van der Waals surface area contributed by atoms with Gasteiger partial charge in [0.2, 0.25) is 5.60 Å². The van der Waals surface area contributed by atoms with Gasteiger partial charge in [-0.2, -0.15) is 26.3 Å². The van der Waals surface area contributed by atoms with Crippen LogP contribution >= 0.6 is 0 Å². The van der Waals surface area contributed by atoms with E-state index in [0.29, 0.717) is 11.8 Å². The normalized spacial score (nSPS) is 22.2. The lowest BCUT2D eigenvalue weighted by Crippen LogP contribution is -2.42. The number of halogens is 6. The highest BCUT2D eigenvalue weighted by atomic mass is 19.4. The van der Waals surface area contributed by atoms with Gasteiger partial charge in [0.05, 0.1) is 23.0 Å². The highest BCUT2D eigenvalue weighted by molar-refractivity contribution is 5.71. The van der Waals surface area contributed by atoms with Crippen LogP contribution in [-0.2, 0) is 11.8 Å². The van der Waals surface area contributed by atoms with Crippen LogP contribution in [0.4, 0.5) is 37.8 Å². The highest BCUT2D eigenvalue weighted by Crippen LogP contribution is 2.44. The summed E-state index contributed by atoms with van der Waals surface area (Å²) in [6.07, 6.45) is -6.79. The molecule has 0 aromatic carbocycles. The molecule has 0 amide bonds. The van der Waals surface area contributed by atoms with E-state index in [-0.39, 0.29) is 12.8 Å². The molecule has 1 aliphatic heterocycles. The zero-order valence-corrected chi connectivity index (χ0v) is 17.7. The first-order chi connectivity index (χ1) is 16.4. The number of nitrogen functional groups attached to an aromatic ring is 1. The maximum absolute atomic E-state index is 13.8. The van der Waals surface area contributed by atoms with Crippen LogP contribution in [0, 0.1) is 0 Å². The summed E-state index contributed by atoms with van der Waals surface area (Å²) in [6.45, 7) is 0. The van der Waals surface area contributed by atoms with E-state index in [2.05, 4.69) is 25.5 Å². The lowest BCUT2D eigenvalue weighted by Gasteiger charge is -2.26. The number of nitrogens with one attached hydrogen (secondary N) is 1. The monoisotopic (exact) mass is 500 g/mol. The Bertz CT molecular complexity index is 1230. The van der Waals surface area contributed by atoms with Crippen LogP contribution in [0.1, 0.15) is 42.5 Å². The first-order valence-electron chi connectivity index (χ1n) is 10.2. The second-order valence-corrected chi connectivity index (χ2v) is 7.79. The summed E-state index contributed by atoms with van der Waals surface area (Å²) in [4.78, 5) is 8.05. The molecule has 4 heterocycles. The molecule has 0 radical (unpaired) electrons. The summed E-state index contributed by atoms with van der Waals surface area (Å²) in [5.74, 6) is -2.51. The highest BCUT2D eigenvalue weighted by Gasteiger charge is 2.58. The van der Waals surface area contributed by atoms with E-state index in [4.69, 9.17) is 10.2 Å². The van der Waals surface area contributed by atoms with Crippen molar-refractivity contribution in [2.45, 2.75) is 43.3 Å². The van der Waals surface area contributed by atoms with Crippen LogP contribution in [0.15, 0.2) is 47.0 Å². The van der Waals surface area contributed by atoms with E-state index in [1.165, 1.54) is 18.3 Å². The Hall–Kier alpha value is -3.68. The SMILES string of the molecule is Nc1cc(C(F)(F)F)c2nc1-c1nnc(o1)[C@@](O)(C(F)(F)F)CC/C=C\CC(c1ccccn1)N2. The minimum absolute atomic E-state index is 0.0541. The van der Waals surface area contributed by atoms with Gasteiger partial charge in [-0.15, -0.1) is 10.2 Å². The summed E-state index contributed by atoms with van der Waals surface area (Å²) in [5.41, 5.74) is 0.373. The Labute approximate surface area is 193 Å². The van der Waals surface area contributed by atoms with E-state index < -0.39 is 65.0 Å². The number of nitrogens with two attached hydrogens (primary N) is 1. The van der Waals surface area contributed by atoms with Gasteiger partial charge < -0.3 is 20.6 Å². The van der Waals surface area contributed by atoms with Crippen molar-refractivity contribution < 1.29 is 35.9 Å². The van der Waals surface area contributed by atoms with Crippen molar-refractivity contribution >= 4 is 11.5 Å². The van der Waals surface area contributed by atoms with Gasteiger partial charge in [-0.05, 0) is 37.5 Å². The van der Waals surface area contributed by atoms with Crippen molar-refractivity contribution in [3.05, 3.63) is 59.8 Å². The Morgan fingerprint density at radius 2 is 1.89 bits per heavy atom. The van der Waals surface area contributed by atoms with Crippen LogP contribution in [0.3, 0.4) is 0 Å². The third-order valence-electron chi connectivity index (χ3n) is 5.37. The van der Waals surface area contributed by atoms with Gasteiger partial charge in [0.15, 0.2) is 5.69 Å². The van der Waals surface area contributed by atoms with E-state index in [1.807, 2.05) is 0 Å². The smallest absolute Gasteiger partial charge is 0.416 e. The quantitative estimate of drug-likeness (QED) is 0.323. The fraction of sp³-hybridized carbons (Fsp3) is 0.333. The summed E-state index contributed by atoms with van der Waals surface area (Å²) in [5, 5.41) is 19.9. The second kappa shape index (κ2) is 8.83. The lowest BCUT2D eigenvalue weighted by molar-refractivity contribution is -0.276. The van der Waals surface area contributed by atoms with Gasteiger partial charge >= 0.3 is 12.4 Å². The van der Waals surface area contributed by atoms with Gasteiger partial charge in [0.1, 0.15) is 5.82 Å². The number of alkyl halides is 6. The number of rotatable bonds is 1. The van der Waals surface area contributed by atoms with Crippen molar-refractivity contribution in [1.29, 1.82) is 0 Å². The number of nitrogens with zero attached hydrogens (tertiary/aromatic N) is 4. The number of fused-ring (bicyclic) bond motifs is 5. The third kappa shape index (κ3) is 4.78. The standard InChI is InChI=1S/C21H18F6N6O2/c22-20(23,24)11-10-12(28)15-17-32-33-18(35-17)19(34,21(25,26)27)8-4-1-2-7-14(30-16(11)31-15)13-6-3-5-9-29-13/h1-3,5-6,9-10,14,34H,4,7-8,28H2,(H,30,31)/b2-1-/t14?,19-/m1/s1. The number of hydrogen-bond donors (Lipinski definition) is 3. The van der Waals surface area contributed by atoms with E-state index >= 15 is 0 Å². The van der Waals surface area contributed by atoms with Crippen LogP contribution < -0.4 is 11.1 Å². The molecule has 186 valence electrons. The summed E-state index contributed by atoms with van der Waals surface area (Å²) >= 11 is 0. The molecule has 2 atom stereocenters. The van der Waals surface area contributed by atoms with E-state index in [1.54, 1.807) is 18.2 Å². The van der Waals surface area contributed by atoms with Crippen LogP contribution in [0.5, 0.6) is 0 Å². The van der Waals surface area contributed by atoms with Gasteiger partial charge in [-0.3, -0.25) is 4.98 Å². The molecule has 14 heteroatoms. The molecule has 0 spiro atoms. The van der Waals surface area contributed by atoms with Crippen molar-refractivity contribution in [2.24, 2.45) is 0 Å². The maximum Gasteiger partial charge on any atom is 0.426 e. The Morgan fingerprint density at radius 1 is 1.11 bits per heavy atom. The van der Waals surface area contributed by atoms with Crippen LogP contribution in [0.25, 0.3) is 11.6 Å². The first kappa shape index (κ1) is 24.4. The maximum atomic E-state index is 13.8. The molecular formula is C21H18F6N6O2. The first-order valence-corrected chi connectivity index (χ1v) is 10.2. The molecule has 0 fully saturated rings. The fourth-order valence-electron chi connectivity index (χ4n) is 3.53. The number of allylic oxidation sites excluding steroid dienone is 1. The van der Waals surface area contributed by atoms with Crippen molar-refractivity contribution in [2.75, 3.05) is 11.1 Å². The molecular weight excluding hydrogens is 482 g/mol. The number of aliphatic hydroxyl groups is 1. The molecule has 4 bridgehead atoms. The molecule has 1 aliphatic rings. The Morgan fingerprint density at radius 3 is 2.54 bits per heavy atom. The summed E-state index contributed by atoms with van der Waals surface area (Å²) in [7, 11) is 0. The average Bonchev–Trinajstić information content (AvgIpc) is 3.27. The minimum atomic E-state index is -5.18. The molecule has 3 aromatic heterocycles. The topological polar surface area (TPSA) is 123 Å². The zero-order chi connectivity index (χ0) is 25.4. The molecule has 0 saturated heterocycles. The third-order valence-corrected chi connectivity index (χ3v) is 5.37. The number of aromatic nitrogens is 4. The van der Waals surface area contributed by atoms with Gasteiger partial charge in [0, 0.05) is 6.20 Å². The molecule has 1 unspecified atom stereocenters. The van der Waals surface area contributed by atoms with Gasteiger partial charge in [-0.1, -0.05) is 18.2 Å². The summed E-state index contributed by atoms with van der Waals surface area (Å²) < 4.78 is 87.7. The number of pyridine rings is 2. The average molecular weight is 500 g/mol. The minimum Gasteiger partial charge on any atom is -0.416 e. The predicted octanol–water partition coefficient (Wildman–Crippen LogP) is 4.77. The Kier molecular flexibility index (Phi) is 6.17. The molecule has 8 nitrogen and oxygen atoms in total. The predicted molar refractivity (Wildman–Crippen MR) is 110 cm³/mol. The zero-order valence-electron chi connectivity index (χ0n) is 17.7. The van der Waals surface area contributed by atoms with Crippen molar-refractivity contribution in [3.63, 3.8) is 0 Å². The number of anilines is 2. The molecule has 4 rings (SSSR count). The van der Waals surface area contributed by atoms with Crippen molar-refractivity contribution in [1.82, 2.24) is 20.2 Å². The largest absolute Gasteiger partial charge is 0.426 e. The number of hydrogen-bond acceptors (Lipinski definition) is 8. The molecule has 0 aliphatic carbocycles. The summed E-state index contributed by atoms with van der Waals surface area (Å²) in [6, 6.07) is 4.57. The van der Waals surface area contributed by atoms with Crippen LogP contribution in [0.2, 0.25) is 0 Å². The molecule has 35 heavy (non-hydrogen) atoms. The lowest BCUT2D eigenvalue weighted by atomic mass is 9.96. The fourth-order valence-corrected chi connectivity index (χ4v) is 3.53. The van der Waals surface area contributed by atoms with E-state index in [0.717, 1.165) is 0 Å². The van der Waals surface area contributed by atoms with Crippen molar-refractivity contribution in [3.8, 4) is 11.6 Å². The molecule has 0 saturated carbocycles. The van der Waals surface area contributed by atoms with E-state index in [9.17, 15) is 31.4 Å². The molecule has 4 N–H and O–H groups in total. The Balaban J connectivity index is 1.91.